The fourth-order valence-electron chi connectivity index (χ4n) is 4.44. The molecule has 0 aliphatic carbocycles. The molecule has 2 aromatic rings. The standard InChI is InChI=1S/C26H37N3O2/c1-4-28(18-23-10-12-25(13-11-23)27-21(2)30)19-24-8-6-15-29(20-24)16-14-22-7-5-9-26(17-22)31-3/h5,7,9-13,17,24H,4,6,8,14-16,18-20H2,1-3H3,(H,27,30)/t24-/m1/s1. The van der Waals surface area contributed by atoms with Crippen LogP contribution in [0.3, 0.4) is 0 Å². The molecule has 1 N–H and O–H groups in total. The molecule has 1 aliphatic rings. The third-order valence-electron chi connectivity index (χ3n) is 6.10. The number of anilines is 1. The lowest BCUT2D eigenvalue weighted by Crippen LogP contribution is -2.41. The van der Waals surface area contributed by atoms with E-state index in [1.807, 2.05) is 18.2 Å². The van der Waals surface area contributed by atoms with Gasteiger partial charge in [-0.3, -0.25) is 9.69 Å². The van der Waals surface area contributed by atoms with Crippen LogP contribution in [0.2, 0.25) is 0 Å². The highest BCUT2D eigenvalue weighted by atomic mass is 16.5. The van der Waals surface area contributed by atoms with Gasteiger partial charge in [-0.25, -0.2) is 0 Å². The Bertz CT molecular complexity index is 822. The van der Waals surface area contributed by atoms with Crippen LogP contribution in [0.1, 0.15) is 37.8 Å². The Morgan fingerprint density at radius 2 is 2.00 bits per heavy atom. The summed E-state index contributed by atoms with van der Waals surface area (Å²) in [6, 6.07) is 16.7. The Hall–Kier alpha value is -2.37. The minimum Gasteiger partial charge on any atom is -0.497 e. The number of hydrogen-bond donors (Lipinski definition) is 1. The van der Waals surface area contributed by atoms with Crippen LogP contribution in [-0.2, 0) is 17.8 Å². The van der Waals surface area contributed by atoms with Gasteiger partial charge in [0.05, 0.1) is 7.11 Å². The summed E-state index contributed by atoms with van der Waals surface area (Å²) < 4.78 is 5.35. The zero-order valence-corrected chi connectivity index (χ0v) is 19.3. The van der Waals surface area contributed by atoms with Crippen LogP contribution < -0.4 is 10.1 Å². The number of rotatable bonds is 10. The number of carbonyl (C=O) groups excluding carboxylic acids is 1. The van der Waals surface area contributed by atoms with E-state index in [2.05, 4.69) is 52.4 Å². The monoisotopic (exact) mass is 423 g/mol. The van der Waals surface area contributed by atoms with Crippen LogP contribution >= 0.6 is 0 Å². The molecule has 1 heterocycles. The van der Waals surface area contributed by atoms with Crippen molar-refractivity contribution in [1.29, 1.82) is 0 Å². The molecule has 31 heavy (non-hydrogen) atoms. The Balaban J connectivity index is 1.48. The zero-order valence-electron chi connectivity index (χ0n) is 19.3. The predicted octanol–water partition coefficient (Wildman–Crippen LogP) is 4.43. The zero-order chi connectivity index (χ0) is 22.1. The number of carbonyl (C=O) groups is 1. The molecule has 1 fully saturated rings. The van der Waals surface area contributed by atoms with Crippen LogP contribution in [0, 0.1) is 5.92 Å². The summed E-state index contributed by atoms with van der Waals surface area (Å²) in [4.78, 5) is 16.4. The predicted molar refractivity (Wildman–Crippen MR) is 128 cm³/mol. The van der Waals surface area contributed by atoms with Gasteiger partial charge in [0, 0.05) is 38.8 Å². The molecule has 168 valence electrons. The van der Waals surface area contributed by atoms with E-state index in [1.54, 1.807) is 7.11 Å². The minimum absolute atomic E-state index is 0.0313. The van der Waals surface area contributed by atoms with Gasteiger partial charge < -0.3 is 15.0 Å². The lowest BCUT2D eigenvalue weighted by molar-refractivity contribution is -0.114. The van der Waals surface area contributed by atoms with Crippen LogP contribution in [0.25, 0.3) is 0 Å². The first kappa shape index (κ1) is 23.3. The number of methoxy groups -OCH3 is 1. The quantitative estimate of drug-likeness (QED) is 0.614. The van der Waals surface area contributed by atoms with Crippen molar-refractivity contribution in [2.75, 3.05) is 45.2 Å². The van der Waals surface area contributed by atoms with E-state index < -0.39 is 0 Å². The molecular formula is C26H37N3O2. The highest BCUT2D eigenvalue weighted by Gasteiger charge is 2.21. The minimum atomic E-state index is -0.0313. The maximum atomic E-state index is 11.2. The van der Waals surface area contributed by atoms with Crippen molar-refractivity contribution in [3.63, 3.8) is 0 Å². The molecule has 0 radical (unpaired) electrons. The molecular weight excluding hydrogens is 386 g/mol. The van der Waals surface area contributed by atoms with Gasteiger partial charge in [0.1, 0.15) is 5.75 Å². The molecule has 1 atom stereocenters. The number of ether oxygens (including phenoxy) is 1. The third-order valence-corrected chi connectivity index (χ3v) is 6.10. The molecule has 0 aromatic heterocycles. The average molecular weight is 424 g/mol. The van der Waals surface area contributed by atoms with E-state index >= 15 is 0 Å². The molecule has 1 saturated heterocycles. The topological polar surface area (TPSA) is 44.8 Å². The van der Waals surface area contributed by atoms with Gasteiger partial charge in [-0.2, -0.15) is 0 Å². The van der Waals surface area contributed by atoms with E-state index in [9.17, 15) is 4.79 Å². The number of amides is 1. The first-order valence-corrected chi connectivity index (χ1v) is 11.5. The summed E-state index contributed by atoms with van der Waals surface area (Å²) >= 11 is 0. The summed E-state index contributed by atoms with van der Waals surface area (Å²) in [5, 5.41) is 2.83. The van der Waals surface area contributed by atoms with Crippen molar-refractivity contribution in [2.45, 2.75) is 39.7 Å². The van der Waals surface area contributed by atoms with Gasteiger partial charge in [0.15, 0.2) is 0 Å². The second-order valence-electron chi connectivity index (χ2n) is 8.62. The molecule has 2 aromatic carbocycles. The average Bonchev–Trinajstić information content (AvgIpc) is 2.78. The SMILES string of the molecule is CCN(Cc1ccc(NC(C)=O)cc1)C[C@H]1CCCN(CCc2cccc(OC)c2)C1. The first-order chi connectivity index (χ1) is 15.1. The highest BCUT2D eigenvalue weighted by Crippen LogP contribution is 2.20. The number of piperidine rings is 1. The van der Waals surface area contributed by atoms with Crippen molar-refractivity contribution < 1.29 is 9.53 Å². The second kappa shape index (κ2) is 11.9. The summed E-state index contributed by atoms with van der Waals surface area (Å²) in [5.74, 6) is 1.63. The molecule has 5 heteroatoms. The van der Waals surface area contributed by atoms with Crippen molar-refractivity contribution in [2.24, 2.45) is 5.92 Å². The maximum absolute atomic E-state index is 11.2. The highest BCUT2D eigenvalue weighted by molar-refractivity contribution is 5.88. The van der Waals surface area contributed by atoms with Gasteiger partial charge in [-0.1, -0.05) is 31.2 Å². The lowest BCUT2D eigenvalue weighted by atomic mass is 9.96. The Morgan fingerprint density at radius 3 is 2.71 bits per heavy atom. The van der Waals surface area contributed by atoms with Gasteiger partial charge in [0.25, 0.3) is 0 Å². The number of likely N-dealkylation sites (tertiary alicyclic amines) is 1. The van der Waals surface area contributed by atoms with E-state index in [1.165, 1.54) is 44.0 Å². The molecule has 5 nitrogen and oxygen atoms in total. The third kappa shape index (κ3) is 7.67. The first-order valence-electron chi connectivity index (χ1n) is 11.5. The van der Waals surface area contributed by atoms with E-state index in [4.69, 9.17) is 4.74 Å². The Morgan fingerprint density at radius 1 is 1.19 bits per heavy atom. The smallest absolute Gasteiger partial charge is 0.221 e. The van der Waals surface area contributed by atoms with Crippen molar-refractivity contribution in [1.82, 2.24) is 9.80 Å². The number of hydrogen-bond acceptors (Lipinski definition) is 4. The number of benzene rings is 2. The van der Waals surface area contributed by atoms with E-state index in [0.29, 0.717) is 0 Å². The lowest BCUT2D eigenvalue weighted by Gasteiger charge is -2.35. The maximum Gasteiger partial charge on any atom is 0.221 e. The van der Waals surface area contributed by atoms with Gasteiger partial charge in [-0.05, 0) is 73.7 Å². The molecule has 1 amide bonds. The van der Waals surface area contributed by atoms with Crippen LogP contribution in [0.15, 0.2) is 48.5 Å². The van der Waals surface area contributed by atoms with Crippen LogP contribution in [0.4, 0.5) is 5.69 Å². The van der Waals surface area contributed by atoms with E-state index in [-0.39, 0.29) is 5.91 Å². The molecule has 0 bridgehead atoms. The molecule has 0 spiro atoms. The Kier molecular flexibility index (Phi) is 8.92. The summed E-state index contributed by atoms with van der Waals surface area (Å²) in [7, 11) is 1.73. The fourth-order valence-corrected chi connectivity index (χ4v) is 4.44. The molecule has 0 saturated carbocycles. The number of nitrogens with one attached hydrogen (secondary N) is 1. The fraction of sp³-hybridized carbons (Fsp3) is 0.500. The van der Waals surface area contributed by atoms with Crippen molar-refractivity contribution in [3.05, 3.63) is 59.7 Å². The molecule has 1 aliphatic heterocycles. The summed E-state index contributed by atoms with van der Waals surface area (Å²) in [6.07, 6.45) is 3.67. The van der Waals surface area contributed by atoms with Crippen LogP contribution in [-0.4, -0.2) is 55.5 Å². The molecule has 3 rings (SSSR count). The van der Waals surface area contributed by atoms with E-state index in [0.717, 1.165) is 50.0 Å². The van der Waals surface area contributed by atoms with Gasteiger partial charge in [-0.15, -0.1) is 0 Å². The largest absolute Gasteiger partial charge is 0.497 e. The second-order valence-corrected chi connectivity index (χ2v) is 8.62. The van der Waals surface area contributed by atoms with Gasteiger partial charge in [0.2, 0.25) is 5.91 Å². The summed E-state index contributed by atoms with van der Waals surface area (Å²) in [6.45, 7) is 10.4. The Labute approximate surface area is 187 Å². The van der Waals surface area contributed by atoms with Crippen LogP contribution in [0.5, 0.6) is 5.75 Å². The summed E-state index contributed by atoms with van der Waals surface area (Å²) in [5.41, 5.74) is 3.50. The van der Waals surface area contributed by atoms with Crippen molar-refractivity contribution >= 4 is 11.6 Å². The normalized spacial score (nSPS) is 17.0. The molecule has 0 unspecified atom stereocenters. The van der Waals surface area contributed by atoms with Gasteiger partial charge >= 0.3 is 0 Å². The number of nitrogens with zero attached hydrogens (tertiary/aromatic N) is 2. The van der Waals surface area contributed by atoms with Crippen molar-refractivity contribution in [3.8, 4) is 5.75 Å².